The van der Waals surface area contributed by atoms with E-state index in [1.54, 1.807) is 19.2 Å². The number of aliphatic hydroxyl groups excluding tert-OH is 1. The number of hydrogen-bond acceptors (Lipinski definition) is 3. The average molecular weight is 292 g/mol. The molecular formula is C16H21FN2O2. The van der Waals surface area contributed by atoms with Gasteiger partial charge in [-0.3, -0.25) is 4.79 Å². The first-order chi connectivity index (χ1) is 10.1. The minimum absolute atomic E-state index is 0.00367. The lowest BCUT2D eigenvalue weighted by Gasteiger charge is -2.16. The van der Waals surface area contributed by atoms with E-state index in [1.165, 1.54) is 6.07 Å². The summed E-state index contributed by atoms with van der Waals surface area (Å²) in [7, 11) is 3.44. The first-order valence-corrected chi connectivity index (χ1v) is 6.84. The third-order valence-corrected chi connectivity index (χ3v) is 2.96. The standard InChI is InChI=1S/C16H21FN2O2/c1-18-16(21)8-9-19(2)12-14-7-6-13(11-15(14)17)5-3-4-10-20/h6-7,11,20H,4,8-10,12H2,1-2H3,(H,18,21). The first-order valence-electron chi connectivity index (χ1n) is 6.84. The van der Waals surface area contributed by atoms with Crippen molar-refractivity contribution in [2.75, 3.05) is 27.2 Å². The molecule has 0 atom stereocenters. The zero-order valence-electron chi connectivity index (χ0n) is 12.4. The van der Waals surface area contributed by atoms with Crippen molar-refractivity contribution in [3.8, 4) is 11.8 Å². The second-order valence-corrected chi connectivity index (χ2v) is 4.74. The molecule has 0 unspecified atom stereocenters. The summed E-state index contributed by atoms with van der Waals surface area (Å²) in [5.74, 6) is 5.22. The molecule has 0 aliphatic heterocycles. The van der Waals surface area contributed by atoms with Crippen molar-refractivity contribution < 1.29 is 14.3 Å². The van der Waals surface area contributed by atoms with Gasteiger partial charge in [-0.1, -0.05) is 17.9 Å². The number of hydrogen-bond donors (Lipinski definition) is 2. The largest absolute Gasteiger partial charge is 0.395 e. The molecule has 21 heavy (non-hydrogen) atoms. The molecule has 0 heterocycles. The Morgan fingerprint density at radius 3 is 2.86 bits per heavy atom. The van der Waals surface area contributed by atoms with Crippen LogP contribution in [-0.4, -0.2) is 43.2 Å². The van der Waals surface area contributed by atoms with Crippen LogP contribution < -0.4 is 5.32 Å². The fraction of sp³-hybridized carbons (Fsp3) is 0.438. The van der Waals surface area contributed by atoms with Crippen molar-refractivity contribution in [1.82, 2.24) is 10.2 Å². The van der Waals surface area contributed by atoms with E-state index < -0.39 is 0 Å². The molecule has 114 valence electrons. The maximum absolute atomic E-state index is 14.0. The number of halogens is 1. The molecule has 0 bridgehead atoms. The quantitative estimate of drug-likeness (QED) is 0.773. The van der Waals surface area contributed by atoms with Crippen LogP contribution in [0.2, 0.25) is 0 Å². The minimum atomic E-state index is -0.308. The van der Waals surface area contributed by atoms with Crippen LogP contribution in [0.4, 0.5) is 4.39 Å². The van der Waals surface area contributed by atoms with Crippen molar-refractivity contribution in [2.45, 2.75) is 19.4 Å². The molecule has 0 radical (unpaired) electrons. The number of carbonyl (C=O) groups excluding carboxylic acids is 1. The van der Waals surface area contributed by atoms with Gasteiger partial charge in [0.2, 0.25) is 5.91 Å². The van der Waals surface area contributed by atoms with Crippen LogP contribution in [0, 0.1) is 17.7 Å². The monoisotopic (exact) mass is 292 g/mol. The van der Waals surface area contributed by atoms with Crippen molar-refractivity contribution in [3.05, 3.63) is 35.1 Å². The Morgan fingerprint density at radius 1 is 1.48 bits per heavy atom. The van der Waals surface area contributed by atoms with Crippen LogP contribution in [0.25, 0.3) is 0 Å². The topological polar surface area (TPSA) is 52.6 Å². The van der Waals surface area contributed by atoms with E-state index in [0.29, 0.717) is 37.1 Å². The van der Waals surface area contributed by atoms with Crippen LogP contribution in [-0.2, 0) is 11.3 Å². The summed E-state index contributed by atoms with van der Waals surface area (Å²) in [5, 5.41) is 11.2. The molecular weight excluding hydrogens is 271 g/mol. The van der Waals surface area contributed by atoms with Crippen LogP contribution >= 0.6 is 0 Å². The molecule has 0 aliphatic rings. The van der Waals surface area contributed by atoms with Crippen LogP contribution in [0.1, 0.15) is 24.0 Å². The van der Waals surface area contributed by atoms with E-state index in [9.17, 15) is 9.18 Å². The number of amides is 1. The van der Waals surface area contributed by atoms with E-state index in [0.717, 1.165) is 0 Å². The predicted octanol–water partition coefficient (Wildman–Crippen LogP) is 1.13. The normalized spacial score (nSPS) is 10.1. The van der Waals surface area contributed by atoms with Gasteiger partial charge >= 0.3 is 0 Å². The Labute approximate surface area is 125 Å². The van der Waals surface area contributed by atoms with E-state index >= 15 is 0 Å². The number of nitrogens with one attached hydrogen (secondary N) is 1. The molecule has 0 spiro atoms. The summed E-state index contributed by atoms with van der Waals surface area (Å²) in [4.78, 5) is 13.1. The average Bonchev–Trinajstić information content (AvgIpc) is 2.47. The fourth-order valence-corrected chi connectivity index (χ4v) is 1.76. The molecule has 0 aromatic heterocycles. The van der Waals surface area contributed by atoms with Crippen molar-refractivity contribution in [3.63, 3.8) is 0 Å². The second-order valence-electron chi connectivity index (χ2n) is 4.74. The van der Waals surface area contributed by atoms with Gasteiger partial charge in [0, 0.05) is 44.1 Å². The van der Waals surface area contributed by atoms with Gasteiger partial charge in [-0.2, -0.15) is 0 Å². The minimum Gasteiger partial charge on any atom is -0.395 e. The van der Waals surface area contributed by atoms with E-state index in [2.05, 4.69) is 17.2 Å². The molecule has 1 amide bonds. The van der Waals surface area contributed by atoms with Crippen molar-refractivity contribution >= 4 is 5.91 Å². The molecule has 4 nitrogen and oxygen atoms in total. The number of aliphatic hydroxyl groups is 1. The van der Waals surface area contributed by atoms with Crippen molar-refractivity contribution in [2.24, 2.45) is 0 Å². The summed E-state index contributed by atoms with van der Waals surface area (Å²) in [5.41, 5.74) is 1.17. The molecule has 0 saturated carbocycles. The van der Waals surface area contributed by atoms with Gasteiger partial charge in [-0.25, -0.2) is 4.39 Å². The summed E-state index contributed by atoms with van der Waals surface area (Å²) in [6, 6.07) is 4.86. The maximum atomic E-state index is 14.0. The third kappa shape index (κ3) is 6.39. The lowest BCUT2D eigenvalue weighted by atomic mass is 10.1. The van der Waals surface area contributed by atoms with Gasteiger partial charge < -0.3 is 15.3 Å². The van der Waals surface area contributed by atoms with Gasteiger partial charge in [0.15, 0.2) is 0 Å². The number of rotatable bonds is 6. The number of benzene rings is 1. The molecule has 1 aromatic rings. The molecule has 1 aromatic carbocycles. The highest BCUT2D eigenvalue weighted by Crippen LogP contribution is 2.12. The molecule has 0 aliphatic carbocycles. The Morgan fingerprint density at radius 2 is 2.24 bits per heavy atom. The highest BCUT2D eigenvalue weighted by Gasteiger charge is 2.08. The van der Waals surface area contributed by atoms with Crippen LogP contribution in [0.3, 0.4) is 0 Å². The zero-order chi connectivity index (χ0) is 15.7. The summed E-state index contributed by atoms with van der Waals surface area (Å²) in [6.07, 6.45) is 0.769. The van der Waals surface area contributed by atoms with E-state index in [-0.39, 0.29) is 18.3 Å². The molecule has 2 N–H and O–H groups in total. The van der Waals surface area contributed by atoms with E-state index in [1.807, 2.05) is 11.9 Å². The molecule has 5 heteroatoms. The third-order valence-electron chi connectivity index (χ3n) is 2.96. The van der Waals surface area contributed by atoms with Gasteiger partial charge in [0.05, 0.1) is 6.61 Å². The van der Waals surface area contributed by atoms with Crippen LogP contribution in [0.15, 0.2) is 18.2 Å². The zero-order valence-corrected chi connectivity index (χ0v) is 12.4. The van der Waals surface area contributed by atoms with Crippen molar-refractivity contribution in [1.29, 1.82) is 0 Å². The Kier molecular flexibility index (Phi) is 7.44. The Bertz CT molecular complexity index is 535. The number of nitrogens with zero attached hydrogens (tertiary/aromatic N) is 1. The van der Waals surface area contributed by atoms with Gasteiger partial charge in [0.1, 0.15) is 5.82 Å². The van der Waals surface area contributed by atoms with E-state index in [4.69, 9.17) is 5.11 Å². The summed E-state index contributed by atoms with van der Waals surface area (Å²) < 4.78 is 14.0. The highest BCUT2D eigenvalue weighted by molar-refractivity contribution is 5.75. The predicted molar refractivity (Wildman–Crippen MR) is 80.0 cm³/mol. The summed E-state index contributed by atoms with van der Waals surface area (Å²) in [6.45, 7) is 1.01. The first kappa shape index (κ1) is 17.2. The smallest absolute Gasteiger partial charge is 0.221 e. The molecule has 0 fully saturated rings. The second kappa shape index (κ2) is 9.11. The molecule has 1 rings (SSSR count). The van der Waals surface area contributed by atoms with Gasteiger partial charge in [0.25, 0.3) is 0 Å². The lowest BCUT2D eigenvalue weighted by molar-refractivity contribution is -0.120. The number of carbonyl (C=O) groups is 1. The van der Waals surface area contributed by atoms with Gasteiger partial charge in [-0.15, -0.1) is 0 Å². The van der Waals surface area contributed by atoms with Crippen LogP contribution in [0.5, 0.6) is 0 Å². The molecule has 0 saturated heterocycles. The maximum Gasteiger partial charge on any atom is 0.221 e. The lowest BCUT2D eigenvalue weighted by Crippen LogP contribution is -2.26. The fourth-order valence-electron chi connectivity index (χ4n) is 1.76. The SMILES string of the molecule is CNC(=O)CCN(C)Cc1ccc(C#CCCO)cc1F. The summed E-state index contributed by atoms with van der Waals surface area (Å²) >= 11 is 0. The Hall–Kier alpha value is -1.90. The Balaban J connectivity index is 2.60. The van der Waals surface area contributed by atoms with Gasteiger partial charge in [-0.05, 0) is 19.2 Å². The highest BCUT2D eigenvalue weighted by atomic mass is 19.1.